The maximum absolute atomic E-state index is 12.2. The fourth-order valence-corrected chi connectivity index (χ4v) is 2.80. The average Bonchev–Trinajstić information content (AvgIpc) is 3.09. The molecule has 2 rings (SSSR count). The Kier molecular flexibility index (Phi) is 5.42. The van der Waals surface area contributed by atoms with Gasteiger partial charge in [0, 0.05) is 19.1 Å². The van der Waals surface area contributed by atoms with Gasteiger partial charge in [-0.05, 0) is 51.8 Å². The monoisotopic (exact) mass is 294 g/mol. The zero-order chi connectivity index (χ0) is 15.4. The molecule has 1 aliphatic heterocycles. The maximum atomic E-state index is 12.2. The van der Waals surface area contributed by atoms with Crippen molar-refractivity contribution in [2.75, 3.05) is 20.1 Å². The summed E-state index contributed by atoms with van der Waals surface area (Å²) in [4.78, 5) is 16.2. The van der Waals surface area contributed by atoms with Gasteiger partial charge in [-0.2, -0.15) is 0 Å². The first kappa shape index (κ1) is 16.0. The molecule has 21 heavy (non-hydrogen) atoms. The Morgan fingerprint density at radius 1 is 1.57 bits per heavy atom. The summed E-state index contributed by atoms with van der Waals surface area (Å²) >= 11 is 0. The van der Waals surface area contributed by atoms with Gasteiger partial charge in [0.25, 0.3) is 0 Å². The van der Waals surface area contributed by atoms with Gasteiger partial charge in [-0.3, -0.25) is 9.69 Å². The van der Waals surface area contributed by atoms with E-state index in [4.69, 9.17) is 4.42 Å². The minimum absolute atomic E-state index is 0.143. The number of hydrogen-bond acceptors (Lipinski definition) is 4. The second-order valence-corrected chi connectivity index (χ2v) is 6.13. The summed E-state index contributed by atoms with van der Waals surface area (Å²) in [6.45, 7) is 5.39. The number of rotatable bonds is 6. The van der Waals surface area contributed by atoms with Crippen LogP contribution in [0.2, 0.25) is 0 Å². The first-order chi connectivity index (χ1) is 9.99. The number of likely N-dealkylation sites (N-methyl/N-ethyl adjacent to an activating group) is 1. The summed E-state index contributed by atoms with van der Waals surface area (Å²) in [6.07, 6.45) is 3.70. The molecule has 2 atom stereocenters. The predicted molar refractivity (Wildman–Crippen MR) is 80.8 cm³/mol. The van der Waals surface area contributed by atoms with Gasteiger partial charge >= 0.3 is 0 Å². The average molecular weight is 294 g/mol. The Balaban J connectivity index is 1.90. The number of likely N-dealkylation sites (tertiary alicyclic amines) is 1. The Morgan fingerprint density at radius 2 is 2.33 bits per heavy atom. The molecule has 2 unspecified atom stereocenters. The van der Waals surface area contributed by atoms with E-state index in [1.54, 1.807) is 23.3 Å². The van der Waals surface area contributed by atoms with Crippen molar-refractivity contribution in [3.8, 4) is 0 Å². The maximum Gasteiger partial charge on any atom is 0.236 e. The molecule has 5 nitrogen and oxygen atoms in total. The second-order valence-electron chi connectivity index (χ2n) is 6.13. The predicted octanol–water partition coefficient (Wildman–Crippen LogP) is 2.03. The Hall–Kier alpha value is -1.33. The third-order valence-corrected chi connectivity index (χ3v) is 4.37. The molecule has 1 aromatic heterocycles. The topological polar surface area (TPSA) is 56.9 Å². The lowest BCUT2D eigenvalue weighted by Gasteiger charge is -2.29. The van der Waals surface area contributed by atoms with Crippen molar-refractivity contribution in [2.45, 2.75) is 51.3 Å². The number of carbonyl (C=O) groups is 1. The molecule has 118 valence electrons. The molecule has 1 saturated heterocycles. The highest BCUT2D eigenvalue weighted by Crippen LogP contribution is 2.27. The smallest absolute Gasteiger partial charge is 0.236 e. The van der Waals surface area contributed by atoms with Crippen LogP contribution in [-0.4, -0.2) is 53.0 Å². The summed E-state index contributed by atoms with van der Waals surface area (Å²) in [7, 11) is 1.84. The fourth-order valence-electron chi connectivity index (χ4n) is 2.80. The second kappa shape index (κ2) is 7.09. The Bertz CT molecular complexity index is 444. The van der Waals surface area contributed by atoms with Crippen LogP contribution >= 0.6 is 0 Å². The highest BCUT2D eigenvalue weighted by molar-refractivity contribution is 5.78. The number of carbonyl (C=O) groups excluding carboxylic acids is 1. The van der Waals surface area contributed by atoms with E-state index in [-0.39, 0.29) is 18.0 Å². The molecule has 0 saturated carbocycles. The van der Waals surface area contributed by atoms with E-state index >= 15 is 0 Å². The number of hydrogen-bond donors (Lipinski definition) is 1. The van der Waals surface area contributed by atoms with Gasteiger partial charge in [-0.25, -0.2) is 0 Å². The van der Waals surface area contributed by atoms with Crippen LogP contribution in [0.1, 0.15) is 45.0 Å². The first-order valence-corrected chi connectivity index (χ1v) is 7.70. The molecule has 0 aliphatic carbocycles. The molecule has 0 radical (unpaired) electrons. The molecule has 0 bridgehead atoms. The van der Waals surface area contributed by atoms with Gasteiger partial charge in [0.05, 0.1) is 12.8 Å². The molecular formula is C16H26N2O3. The Morgan fingerprint density at radius 3 is 2.95 bits per heavy atom. The molecule has 1 N–H and O–H groups in total. The molecule has 5 heteroatoms. The van der Waals surface area contributed by atoms with Crippen molar-refractivity contribution >= 4 is 5.91 Å². The summed E-state index contributed by atoms with van der Waals surface area (Å²) in [5.41, 5.74) is 0. The van der Waals surface area contributed by atoms with Crippen LogP contribution in [-0.2, 0) is 4.79 Å². The summed E-state index contributed by atoms with van der Waals surface area (Å²) in [5.74, 6) is 0.747. The lowest BCUT2D eigenvalue weighted by atomic mass is 10.1. The number of aliphatic hydroxyl groups is 1. The van der Waals surface area contributed by atoms with Gasteiger partial charge in [0.1, 0.15) is 11.9 Å². The van der Waals surface area contributed by atoms with E-state index < -0.39 is 6.10 Å². The number of nitrogens with zero attached hydrogens (tertiary/aromatic N) is 2. The van der Waals surface area contributed by atoms with E-state index in [1.165, 1.54) is 0 Å². The van der Waals surface area contributed by atoms with Gasteiger partial charge in [-0.1, -0.05) is 0 Å². The minimum Gasteiger partial charge on any atom is -0.467 e. The van der Waals surface area contributed by atoms with E-state index in [0.29, 0.717) is 18.7 Å². The molecule has 1 aliphatic rings. The van der Waals surface area contributed by atoms with Crippen LogP contribution in [0.15, 0.2) is 22.8 Å². The van der Waals surface area contributed by atoms with Gasteiger partial charge in [0.15, 0.2) is 0 Å². The highest BCUT2D eigenvalue weighted by Gasteiger charge is 2.30. The molecule has 0 spiro atoms. The molecule has 1 aromatic rings. The van der Waals surface area contributed by atoms with Crippen LogP contribution in [0.25, 0.3) is 0 Å². The lowest BCUT2D eigenvalue weighted by molar-refractivity contribution is -0.133. The zero-order valence-electron chi connectivity index (χ0n) is 13.2. The number of furan rings is 1. The minimum atomic E-state index is -0.594. The van der Waals surface area contributed by atoms with Crippen molar-refractivity contribution in [3.63, 3.8) is 0 Å². The van der Waals surface area contributed by atoms with Gasteiger partial charge < -0.3 is 14.4 Å². The molecule has 1 fully saturated rings. The van der Waals surface area contributed by atoms with Crippen molar-refractivity contribution in [2.24, 2.45) is 0 Å². The SMILES string of the molecule is CC(C)N(C)C(=O)CN1CCCC1CC(O)c1ccco1. The van der Waals surface area contributed by atoms with Crippen molar-refractivity contribution < 1.29 is 14.3 Å². The number of aliphatic hydroxyl groups excluding tert-OH is 1. The molecular weight excluding hydrogens is 268 g/mol. The summed E-state index contributed by atoms with van der Waals surface area (Å²) in [6, 6.07) is 4.04. The summed E-state index contributed by atoms with van der Waals surface area (Å²) in [5, 5.41) is 10.2. The van der Waals surface area contributed by atoms with Crippen LogP contribution < -0.4 is 0 Å². The Labute approximate surface area is 126 Å². The summed E-state index contributed by atoms with van der Waals surface area (Å²) < 4.78 is 5.25. The molecule has 0 aromatic carbocycles. The van der Waals surface area contributed by atoms with E-state index in [9.17, 15) is 9.90 Å². The normalized spacial score (nSPS) is 20.9. The fraction of sp³-hybridized carbons (Fsp3) is 0.688. The van der Waals surface area contributed by atoms with Crippen LogP contribution in [0.5, 0.6) is 0 Å². The van der Waals surface area contributed by atoms with E-state index in [1.807, 2.05) is 20.9 Å². The van der Waals surface area contributed by atoms with Crippen molar-refractivity contribution in [1.82, 2.24) is 9.80 Å². The van der Waals surface area contributed by atoms with E-state index in [0.717, 1.165) is 19.4 Å². The lowest BCUT2D eigenvalue weighted by Crippen LogP contribution is -2.43. The van der Waals surface area contributed by atoms with Crippen molar-refractivity contribution in [3.05, 3.63) is 24.2 Å². The van der Waals surface area contributed by atoms with Gasteiger partial charge in [0.2, 0.25) is 5.91 Å². The van der Waals surface area contributed by atoms with E-state index in [2.05, 4.69) is 4.90 Å². The quantitative estimate of drug-likeness (QED) is 0.872. The van der Waals surface area contributed by atoms with Crippen LogP contribution in [0, 0.1) is 0 Å². The van der Waals surface area contributed by atoms with Crippen LogP contribution in [0.3, 0.4) is 0 Å². The molecule has 2 heterocycles. The zero-order valence-corrected chi connectivity index (χ0v) is 13.2. The number of amides is 1. The van der Waals surface area contributed by atoms with Gasteiger partial charge in [-0.15, -0.1) is 0 Å². The third-order valence-electron chi connectivity index (χ3n) is 4.37. The van der Waals surface area contributed by atoms with Crippen molar-refractivity contribution in [1.29, 1.82) is 0 Å². The standard InChI is InChI=1S/C16H26N2O3/c1-12(2)17(3)16(20)11-18-8-4-6-13(18)10-14(19)15-7-5-9-21-15/h5,7,9,12-14,19H,4,6,8,10-11H2,1-3H3. The first-order valence-electron chi connectivity index (χ1n) is 7.70. The highest BCUT2D eigenvalue weighted by atomic mass is 16.4. The molecule has 1 amide bonds. The third kappa shape index (κ3) is 4.08. The van der Waals surface area contributed by atoms with Crippen LogP contribution in [0.4, 0.5) is 0 Å². The largest absolute Gasteiger partial charge is 0.467 e.